The summed E-state index contributed by atoms with van der Waals surface area (Å²) in [7, 11) is -0.321. The van der Waals surface area contributed by atoms with Crippen LogP contribution < -0.4 is 10.6 Å². The van der Waals surface area contributed by atoms with E-state index in [0.717, 1.165) is 4.31 Å². The lowest BCUT2D eigenvalue weighted by atomic mass is 10.1. The minimum atomic E-state index is -3.25. The molecule has 0 aromatic rings. The molecule has 2 amide bonds. The number of hydrogen-bond acceptors (Lipinski definition) is 3. The molecule has 0 radical (unpaired) electrons. The summed E-state index contributed by atoms with van der Waals surface area (Å²) in [6, 6.07) is -0.360. The Bertz CT molecular complexity index is 330. The van der Waals surface area contributed by atoms with Crippen molar-refractivity contribution in [3.63, 3.8) is 0 Å². The van der Waals surface area contributed by atoms with Gasteiger partial charge in [0.15, 0.2) is 0 Å². The number of nitrogens with one attached hydrogen (secondary N) is 2. The molecule has 0 fully saturated rings. The summed E-state index contributed by atoms with van der Waals surface area (Å²) >= 11 is 0. The fraction of sp³-hybridized carbons (Fsp3) is 0.889. The minimum absolute atomic E-state index is 0.0996. The molecule has 0 rings (SSSR count). The molecule has 0 saturated heterocycles. The van der Waals surface area contributed by atoms with Gasteiger partial charge in [0.1, 0.15) is 0 Å². The summed E-state index contributed by atoms with van der Waals surface area (Å²) in [5.41, 5.74) is -0.329. The van der Waals surface area contributed by atoms with Gasteiger partial charge in [0, 0.05) is 26.2 Å². The van der Waals surface area contributed by atoms with Gasteiger partial charge in [-0.15, -0.1) is 0 Å². The summed E-state index contributed by atoms with van der Waals surface area (Å²) in [5, 5.41) is 5.17. The Kier molecular flexibility index (Phi) is 5.21. The first-order chi connectivity index (χ1) is 7.04. The van der Waals surface area contributed by atoms with Crippen molar-refractivity contribution in [3.05, 3.63) is 0 Å². The maximum absolute atomic E-state index is 11.4. The number of rotatable bonds is 4. The molecule has 0 aliphatic carbocycles. The van der Waals surface area contributed by atoms with E-state index in [9.17, 15) is 13.2 Å². The lowest BCUT2D eigenvalue weighted by Gasteiger charge is -2.21. The Hall–Kier alpha value is -0.820. The highest BCUT2D eigenvalue weighted by molar-refractivity contribution is 7.89. The molecular weight excluding hydrogens is 230 g/mol. The molecule has 0 aromatic heterocycles. The van der Waals surface area contributed by atoms with E-state index >= 15 is 0 Å². The highest BCUT2D eigenvalue weighted by Crippen LogP contribution is 1.97. The molecule has 0 aliphatic rings. The standard InChI is InChI=1S/C9H21N3O3S/c1-9(2,3)11-8(13)10-6-7-16(14,15)12(4)5/h6-7H2,1-5H3,(H2,10,11,13). The Morgan fingerprint density at radius 1 is 1.25 bits per heavy atom. The van der Waals surface area contributed by atoms with Crippen molar-refractivity contribution in [1.29, 1.82) is 0 Å². The zero-order valence-corrected chi connectivity index (χ0v) is 11.3. The Balaban J connectivity index is 3.97. The second-order valence-corrected chi connectivity index (χ2v) is 7.03. The molecule has 7 heteroatoms. The van der Waals surface area contributed by atoms with Crippen LogP contribution in [0.3, 0.4) is 0 Å². The molecular formula is C9H21N3O3S. The highest BCUT2D eigenvalue weighted by Gasteiger charge is 2.16. The van der Waals surface area contributed by atoms with E-state index in [0.29, 0.717) is 0 Å². The largest absolute Gasteiger partial charge is 0.337 e. The molecule has 16 heavy (non-hydrogen) atoms. The predicted molar refractivity (Wildman–Crippen MR) is 63.8 cm³/mol. The molecule has 0 unspecified atom stereocenters. The molecule has 0 saturated carbocycles. The van der Waals surface area contributed by atoms with E-state index in [4.69, 9.17) is 0 Å². The van der Waals surface area contributed by atoms with Crippen LogP contribution in [-0.4, -0.2) is 50.7 Å². The number of amides is 2. The lowest BCUT2D eigenvalue weighted by Crippen LogP contribution is -2.47. The molecule has 0 heterocycles. The van der Waals surface area contributed by atoms with E-state index in [1.54, 1.807) is 0 Å². The zero-order chi connectivity index (χ0) is 13.0. The molecule has 96 valence electrons. The third kappa shape index (κ3) is 6.62. The maximum Gasteiger partial charge on any atom is 0.315 e. The number of hydrogen-bond donors (Lipinski definition) is 2. The van der Waals surface area contributed by atoms with Gasteiger partial charge in [-0.05, 0) is 20.8 Å². The number of nitrogens with zero attached hydrogens (tertiary/aromatic N) is 1. The summed E-state index contributed by atoms with van der Waals surface area (Å²) in [4.78, 5) is 11.3. The van der Waals surface area contributed by atoms with Crippen LogP contribution >= 0.6 is 0 Å². The van der Waals surface area contributed by atoms with E-state index in [1.807, 2.05) is 20.8 Å². The molecule has 0 bridgehead atoms. The van der Waals surface area contributed by atoms with Gasteiger partial charge in [0.25, 0.3) is 0 Å². The van der Waals surface area contributed by atoms with E-state index in [2.05, 4.69) is 10.6 Å². The monoisotopic (exact) mass is 251 g/mol. The average molecular weight is 251 g/mol. The first-order valence-electron chi connectivity index (χ1n) is 5.01. The second kappa shape index (κ2) is 5.49. The van der Waals surface area contributed by atoms with Crippen molar-refractivity contribution >= 4 is 16.1 Å². The maximum atomic E-state index is 11.4. The Morgan fingerprint density at radius 3 is 2.12 bits per heavy atom. The molecule has 6 nitrogen and oxygen atoms in total. The van der Waals surface area contributed by atoms with Gasteiger partial charge < -0.3 is 10.6 Å². The van der Waals surface area contributed by atoms with Crippen molar-refractivity contribution in [2.45, 2.75) is 26.3 Å². The number of urea groups is 1. The van der Waals surface area contributed by atoms with Gasteiger partial charge in [0.05, 0.1) is 5.75 Å². The van der Waals surface area contributed by atoms with E-state index in [-0.39, 0.29) is 23.9 Å². The topological polar surface area (TPSA) is 78.5 Å². The summed E-state index contributed by atoms with van der Waals surface area (Å²) in [6.45, 7) is 5.65. The summed E-state index contributed by atoms with van der Waals surface area (Å²) < 4.78 is 23.8. The fourth-order valence-electron chi connectivity index (χ4n) is 0.861. The van der Waals surface area contributed by atoms with Gasteiger partial charge in [-0.2, -0.15) is 0 Å². The number of carbonyl (C=O) groups is 1. The highest BCUT2D eigenvalue weighted by atomic mass is 32.2. The number of carbonyl (C=O) groups excluding carboxylic acids is 1. The van der Waals surface area contributed by atoms with Crippen LogP contribution in [0.1, 0.15) is 20.8 Å². The smallest absolute Gasteiger partial charge is 0.315 e. The second-order valence-electron chi connectivity index (χ2n) is 4.73. The SMILES string of the molecule is CN(C)S(=O)(=O)CCNC(=O)NC(C)(C)C. The first kappa shape index (κ1) is 15.2. The third-order valence-electron chi connectivity index (χ3n) is 1.69. The average Bonchev–Trinajstić information content (AvgIpc) is 1.99. The quantitative estimate of drug-likeness (QED) is 0.737. The third-order valence-corrected chi connectivity index (χ3v) is 3.52. The van der Waals surface area contributed by atoms with Crippen LogP contribution in [0.5, 0.6) is 0 Å². The summed E-state index contributed by atoms with van der Waals surface area (Å²) in [6.07, 6.45) is 0. The number of sulfonamides is 1. The van der Waals surface area contributed by atoms with Gasteiger partial charge >= 0.3 is 6.03 Å². The van der Waals surface area contributed by atoms with Crippen LogP contribution in [0.2, 0.25) is 0 Å². The Morgan fingerprint density at radius 2 is 1.75 bits per heavy atom. The van der Waals surface area contributed by atoms with Crippen LogP contribution in [0.4, 0.5) is 4.79 Å². The van der Waals surface area contributed by atoms with Gasteiger partial charge in [-0.1, -0.05) is 0 Å². The first-order valence-corrected chi connectivity index (χ1v) is 6.62. The van der Waals surface area contributed by atoms with Gasteiger partial charge in [0.2, 0.25) is 10.0 Å². The minimum Gasteiger partial charge on any atom is -0.337 e. The van der Waals surface area contributed by atoms with Crippen molar-refractivity contribution in [2.75, 3.05) is 26.4 Å². The van der Waals surface area contributed by atoms with E-state index in [1.165, 1.54) is 14.1 Å². The van der Waals surface area contributed by atoms with Gasteiger partial charge in [-0.3, -0.25) is 0 Å². The van der Waals surface area contributed by atoms with Crippen LogP contribution in [0.15, 0.2) is 0 Å². The Labute approximate surface area is 97.4 Å². The van der Waals surface area contributed by atoms with Gasteiger partial charge in [-0.25, -0.2) is 17.5 Å². The van der Waals surface area contributed by atoms with Crippen molar-refractivity contribution < 1.29 is 13.2 Å². The lowest BCUT2D eigenvalue weighted by molar-refractivity contribution is 0.232. The van der Waals surface area contributed by atoms with Crippen LogP contribution in [0, 0.1) is 0 Å². The molecule has 0 spiro atoms. The molecule has 0 aliphatic heterocycles. The van der Waals surface area contributed by atoms with Crippen LogP contribution in [-0.2, 0) is 10.0 Å². The molecule has 0 atom stereocenters. The zero-order valence-electron chi connectivity index (χ0n) is 10.5. The summed E-state index contributed by atoms with van der Waals surface area (Å²) in [5.74, 6) is -0.0996. The van der Waals surface area contributed by atoms with E-state index < -0.39 is 10.0 Å². The van der Waals surface area contributed by atoms with Crippen molar-refractivity contribution in [1.82, 2.24) is 14.9 Å². The molecule has 0 aromatic carbocycles. The predicted octanol–water partition coefficient (Wildman–Crippen LogP) is -0.0245. The van der Waals surface area contributed by atoms with Crippen molar-refractivity contribution in [2.24, 2.45) is 0 Å². The van der Waals surface area contributed by atoms with Crippen molar-refractivity contribution in [3.8, 4) is 0 Å². The van der Waals surface area contributed by atoms with Crippen LogP contribution in [0.25, 0.3) is 0 Å². The fourth-order valence-corrected chi connectivity index (χ4v) is 1.59. The normalized spacial score (nSPS) is 12.6. The molecule has 2 N–H and O–H groups in total.